The van der Waals surface area contributed by atoms with E-state index in [0.717, 1.165) is 0 Å². The maximum atomic E-state index is 13.6. The summed E-state index contributed by atoms with van der Waals surface area (Å²) in [7, 11) is 3.15. The van der Waals surface area contributed by atoms with Crippen LogP contribution in [0.3, 0.4) is 0 Å². The normalized spacial score (nSPS) is 21.2. The first-order valence-electron chi connectivity index (χ1n) is 13.8. The molecule has 232 valence electrons. The van der Waals surface area contributed by atoms with Crippen molar-refractivity contribution in [3.63, 3.8) is 0 Å². The van der Waals surface area contributed by atoms with E-state index in [1.54, 1.807) is 28.5 Å². The van der Waals surface area contributed by atoms with E-state index in [0.29, 0.717) is 67.5 Å². The van der Waals surface area contributed by atoms with E-state index in [4.69, 9.17) is 10.5 Å². The lowest BCUT2D eigenvalue weighted by Gasteiger charge is -2.25. The Balaban J connectivity index is 1.35. The van der Waals surface area contributed by atoms with Crippen LogP contribution in [0.4, 0.5) is 4.79 Å². The molecule has 0 aromatic rings. The van der Waals surface area contributed by atoms with E-state index in [9.17, 15) is 28.8 Å². The Morgan fingerprint density at radius 1 is 1.05 bits per heavy atom. The van der Waals surface area contributed by atoms with Gasteiger partial charge in [-0.2, -0.15) is 0 Å². The summed E-state index contributed by atoms with van der Waals surface area (Å²) in [6, 6.07) is -0.203. The fourth-order valence-corrected chi connectivity index (χ4v) is 7.01. The number of hydrogen-bond donors (Lipinski definition) is 6. The van der Waals surface area contributed by atoms with Crippen LogP contribution in [0.2, 0.25) is 0 Å². The minimum Gasteiger partial charge on any atom is -0.449 e. The van der Waals surface area contributed by atoms with Crippen LogP contribution in [0.15, 0.2) is 22.5 Å². The zero-order valence-corrected chi connectivity index (χ0v) is 25.4. The second-order valence-corrected chi connectivity index (χ2v) is 12.7. The number of Topliss-reactive ketones (excluding diaryl/α,β-unsaturated/α-hetero) is 2. The molecule has 3 unspecified atom stereocenters. The Hall–Kier alpha value is -3.24. The topological polar surface area (TPSA) is 201 Å². The van der Waals surface area contributed by atoms with Crippen LogP contribution < -0.4 is 32.3 Å². The molecular weight excluding hydrogens is 586 g/mol. The zero-order chi connectivity index (χ0) is 30.6. The second-order valence-electron chi connectivity index (χ2n) is 9.96. The van der Waals surface area contributed by atoms with Gasteiger partial charge in [-0.3, -0.25) is 29.3 Å². The van der Waals surface area contributed by atoms with Crippen LogP contribution in [0.25, 0.3) is 0 Å². The quantitative estimate of drug-likeness (QED) is 0.0477. The highest BCUT2D eigenvalue weighted by atomic mass is 33.1. The third-order valence-corrected chi connectivity index (χ3v) is 9.56. The molecule has 0 aromatic heterocycles. The molecule has 3 atom stereocenters. The van der Waals surface area contributed by atoms with Crippen molar-refractivity contribution in [2.45, 2.75) is 45.2 Å². The molecule has 16 heteroatoms. The molecule has 1 aliphatic carbocycles. The summed E-state index contributed by atoms with van der Waals surface area (Å²) in [5.41, 5.74) is 6.56. The summed E-state index contributed by atoms with van der Waals surface area (Å²) in [6.07, 6.45) is 0.667. The Morgan fingerprint density at radius 3 is 2.45 bits per heavy atom. The van der Waals surface area contributed by atoms with Crippen LogP contribution in [-0.4, -0.2) is 104 Å². The SMILES string of the molecule is CC1=C(NCCSSCCNC(=O)CCNC(=O)CCCNC=O)C(=O)C2=C(C1=O)N1CNC(C)C1C2COC(N)=O. The lowest BCUT2D eigenvalue weighted by Crippen LogP contribution is -2.39. The van der Waals surface area contributed by atoms with Crippen LogP contribution in [0.5, 0.6) is 0 Å². The number of fused-ring (bicyclic) bond motifs is 2. The first kappa shape index (κ1) is 33.3. The number of nitrogens with zero attached hydrogens (tertiary/aromatic N) is 1. The van der Waals surface area contributed by atoms with Gasteiger partial charge >= 0.3 is 6.09 Å². The number of nitrogens with two attached hydrogens (primary N) is 1. The number of ether oxygens (including phenoxy) is 1. The number of carbonyl (C=O) groups excluding carboxylic acids is 6. The molecule has 2 aliphatic heterocycles. The fraction of sp³-hybridized carbons (Fsp3) is 0.615. The van der Waals surface area contributed by atoms with E-state index in [-0.39, 0.29) is 67.2 Å². The highest BCUT2D eigenvalue weighted by Gasteiger charge is 2.53. The molecule has 0 spiro atoms. The van der Waals surface area contributed by atoms with Crippen molar-refractivity contribution in [1.29, 1.82) is 0 Å². The van der Waals surface area contributed by atoms with Crippen molar-refractivity contribution < 1.29 is 33.5 Å². The Labute approximate surface area is 252 Å². The lowest BCUT2D eigenvalue weighted by molar-refractivity contribution is -0.122. The summed E-state index contributed by atoms with van der Waals surface area (Å²) >= 11 is 0. The maximum Gasteiger partial charge on any atom is 0.404 e. The summed E-state index contributed by atoms with van der Waals surface area (Å²) in [4.78, 5) is 73.9. The molecule has 0 radical (unpaired) electrons. The molecule has 14 nitrogen and oxygen atoms in total. The zero-order valence-electron chi connectivity index (χ0n) is 23.8. The molecule has 7 N–H and O–H groups in total. The van der Waals surface area contributed by atoms with Crippen molar-refractivity contribution in [3.8, 4) is 0 Å². The molecule has 0 saturated carbocycles. The average molecular weight is 626 g/mol. The predicted octanol–water partition coefficient (Wildman–Crippen LogP) is -0.869. The largest absolute Gasteiger partial charge is 0.449 e. The number of carbonyl (C=O) groups is 6. The van der Waals surface area contributed by atoms with Gasteiger partial charge in [0.15, 0.2) is 0 Å². The Morgan fingerprint density at radius 2 is 1.74 bits per heavy atom. The predicted molar refractivity (Wildman–Crippen MR) is 159 cm³/mol. The number of hydrogen-bond acceptors (Lipinski definition) is 12. The van der Waals surface area contributed by atoms with Gasteiger partial charge in [0, 0.05) is 73.6 Å². The third-order valence-electron chi connectivity index (χ3n) is 7.15. The van der Waals surface area contributed by atoms with Gasteiger partial charge in [0.05, 0.1) is 24.1 Å². The molecule has 3 rings (SSSR count). The van der Waals surface area contributed by atoms with E-state index in [2.05, 4.69) is 26.6 Å². The fourth-order valence-electron chi connectivity index (χ4n) is 5.19. The highest BCUT2D eigenvalue weighted by molar-refractivity contribution is 8.76. The lowest BCUT2D eigenvalue weighted by atomic mass is 9.83. The van der Waals surface area contributed by atoms with Crippen LogP contribution in [0, 0.1) is 5.92 Å². The summed E-state index contributed by atoms with van der Waals surface area (Å²) in [5, 5.41) is 14.4. The van der Waals surface area contributed by atoms with Crippen LogP contribution >= 0.6 is 21.6 Å². The van der Waals surface area contributed by atoms with Crippen molar-refractivity contribution in [3.05, 3.63) is 22.5 Å². The number of primary amides is 1. The van der Waals surface area contributed by atoms with Gasteiger partial charge in [-0.1, -0.05) is 21.6 Å². The van der Waals surface area contributed by atoms with Crippen molar-refractivity contribution in [2.24, 2.45) is 11.7 Å². The van der Waals surface area contributed by atoms with Gasteiger partial charge in [-0.15, -0.1) is 0 Å². The van der Waals surface area contributed by atoms with E-state index < -0.39 is 12.0 Å². The Bertz CT molecular complexity index is 1130. The third kappa shape index (κ3) is 8.64. The van der Waals surface area contributed by atoms with Crippen LogP contribution in [-0.2, 0) is 28.7 Å². The van der Waals surface area contributed by atoms with Gasteiger partial charge in [0.1, 0.15) is 6.61 Å². The number of nitrogens with one attached hydrogen (secondary N) is 5. The van der Waals surface area contributed by atoms with Gasteiger partial charge < -0.3 is 36.6 Å². The molecule has 1 saturated heterocycles. The second kappa shape index (κ2) is 16.4. The van der Waals surface area contributed by atoms with Crippen molar-refractivity contribution in [1.82, 2.24) is 31.5 Å². The summed E-state index contributed by atoms with van der Waals surface area (Å²) in [5.74, 6) is 0.0808. The van der Waals surface area contributed by atoms with Gasteiger partial charge in [0.25, 0.3) is 0 Å². The van der Waals surface area contributed by atoms with Gasteiger partial charge in [-0.25, -0.2) is 4.79 Å². The van der Waals surface area contributed by atoms with Gasteiger partial charge in [0.2, 0.25) is 29.8 Å². The molecule has 2 heterocycles. The Kier molecular flexibility index (Phi) is 13.0. The molecule has 1 fully saturated rings. The monoisotopic (exact) mass is 625 g/mol. The first-order chi connectivity index (χ1) is 20.2. The molecule has 0 aromatic carbocycles. The molecule has 0 bridgehead atoms. The van der Waals surface area contributed by atoms with E-state index in [1.807, 2.05) is 11.8 Å². The molecular formula is C26H39N7O7S2. The minimum absolute atomic E-state index is 0.0121. The van der Waals surface area contributed by atoms with Crippen molar-refractivity contribution in [2.75, 3.05) is 51.0 Å². The van der Waals surface area contributed by atoms with Crippen LogP contribution in [0.1, 0.15) is 33.1 Å². The number of rotatable bonds is 18. The van der Waals surface area contributed by atoms with E-state index in [1.165, 1.54) is 0 Å². The average Bonchev–Trinajstić information content (AvgIpc) is 3.49. The first-order valence-corrected chi connectivity index (χ1v) is 16.3. The van der Waals surface area contributed by atoms with Gasteiger partial charge in [-0.05, 0) is 20.3 Å². The minimum atomic E-state index is -0.927. The van der Waals surface area contributed by atoms with Crippen molar-refractivity contribution >= 4 is 57.5 Å². The molecule has 42 heavy (non-hydrogen) atoms. The summed E-state index contributed by atoms with van der Waals surface area (Å²) < 4.78 is 5.08. The highest BCUT2D eigenvalue weighted by Crippen LogP contribution is 2.43. The molecule has 3 aliphatic rings. The number of allylic oxidation sites excluding steroid dienone is 2. The van der Waals surface area contributed by atoms with E-state index >= 15 is 0 Å². The number of ketones is 2. The maximum absolute atomic E-state index is 13.6. The standard InChI is InChI=1S/C26H39N7O7S2/c1-15-21(25(38)20-17(12-40-26(27)39)22-16(2)32-13-33(22)23(20)24(15)37)31-9-11-42-41-10-8-30-19(36)5-7-29-18(35)4-3-6-28-14-34/h14,16-17,22,31-32H,3-13H2,1-2H3,(H2,27,39)(H,28,34)(H,29,35)(H,30,36). The summed E-state index contributed by atoms with van der Waals surface area (Å²) in [6.45, 7) is 5.58. The number of amides is 4. The smallest absolute Gasteiger partial charge is 0.404 e. The molecule has 4 amide bonds.